The highest BCUT2D eigenvalue weighted by Crippen LogP contribution is 2.04. The van der Waals surface area contributed by atoms with Crippen LogP contribution in [0.3, 0.4) is 0 Å². The van der Waals surface area contributed by atoms with E-state index in [4.69, 9.17) is 5.11 Å². The number of aliphatic hydroxyl groups is 1. The fourth-order valence-electron chi connectivity index (χ4n) is 4.20. The van der Waals surface area contributed by atoms with Gasteiger partial charge in [-0.15, -0.1) is 0 Å². The number of allylic oxidation sites excluding steroid dienone is 13. The SMILES string of the molecule is CC/C=C/C(=O)/C=C/CO.CC/C=C/C(=O)CCCC.CCCCC/C=C\C/C=C\CCCCC.CCCCC/C=C\C/C=C\CCCCC. The van der Waals surface area contributed by atoms with Gasteiger partial charge >= 0.3 is 0 Å². The number of aliphatic hydroxyl groups excluding tert-OH is 1. The van der Waals surface area contributed by atoms with Gasteiger partial charge in [-0.2, -0.15) is 0 Å². The molecule has 0 rings (SSSR count). The predicted octanol–water partition coefficient (Wildman–Crippen LogP) is 15.1. The van der Waals surface area contributed by atoms with Crippen LogP contribution in [0.2, 0.25) is 0 Å². The summed E-state index contributed by atoms with van der Waals surface area (Å²) in [5.74, 6) is 0.194. The zero-order chi connectivity index (χ0) is 38.0. The molecule has 0 atom stereocenters. The summed E-state index contributed by atoms with van der Waals surface area (Å²) < 4.78 is 0. The van der Waals surface area contributed by atoms with E-state index in [1.807, 2.05) is 19.9 Å². The molecule has 0 amide bonds. The number of unbranched alkanes of at least 4 members (excludes halogenated alkanes) is 13. The fraction of sp³-hybridized carbons (Fsp3) is 0.660. The van der Waals surface area contributed by atoms with Crippen molar-refractivity contribution in [2.45, 2.75) is 196 Å². The number of carbonyl (C=O) groups is 2. The van der Waals surface area contributed by atoms with Crippen LogP contribution in [-0.4, -0.2) is 23.3 Å². The Hall–Kier alpha value is -2.52. The Bertz CT molecular complexity index is 764. The van der Waals surface area contributed by atoms with Crippen LogP contribution >= 0.6 is 0 Å². The van der Waals surface area contributed by atoms with Crippen molar-refractivity contribution in [3.05, 3.63) is 85.1 Å². The van der Waals surface area contributed by atoms with Crippen molar-refractivity contribution in [2.75, 3.05) is 6.61 Å². The number of hydrogen-bond acceptors (Lipinski definition) is 3. The van der Waals surface area contributed by atoms with Gasteiger partial charge in [-0.1, -0.05) is 173 Å². The lowest BCUT2D eigenvalue weighted by Crippen LogP contribution is -1.90. The summed E-state index contributed by atoms with van der Waals surface area (Å²) in [7, 11) is 0. The molecule has 0 saturated heterocycles. The summed E-state index contributed by atoms with van der Waals surface area (Å²) in [6.45, 7) is 15.0. The molecular weight excluding hydrogens is 613 g/mol. The van der Waals surface area contributed by atoms with E-state index in [1.54, 1.807) is 12.2 Å². The minimum Gasteiger partial charge on any atom is -0.392 e. The summed E-state index contributed by atoms with van der Waals surface area (Å²) in [5.41, 5.74) is 0. The molecule has 50 heavy (non-hydrogen) atoms. The van der Waals surface area contributed by atoms with Crippen molar-refractivity contribution < 1.29 is 14.7 Å². The molecule has 0 aromatic rings. The topological polar surface area (TPSA) is 54.4 Å². The van der Waals surface area contributed by atoms with Crippen LogP contribution in [0.1, 0.15) is 196 Å². The van der Waals surface area contributed by atoms with Crippen molar-refractivity contribution in [2.24, 2.45) is 0 Å². The zero-order valence-electron chi connectivity index (χ0n) is 34.3. The highest BCUT2D eigenvalue weighted by Gasteiger charge is 1.92. The summed E-state index contributed by atoms with van der Waals surface area (Å²) in [6.07, 6.45) is 56.3. The van der Waals surface area contributed by atoms with Crippen LogP contribution in [0.5, 0.6) is 0 Å². The molecule has 3 nitrogen and oxygen atoms in total. The second-order valence-corrected chi connectivity index (χ2v) is 12.5. The molecule has 0 aliphatic rings. The van der Waals surface area contributed by atoms with E-state index in [9.17, 15) is 9.59 Å². The van der Waals surface area contributed by atoms with E-state index in [2.05, 4.69) is 83.2 Å². The number of ketones is 2. The van der Waals surface area contributed by atoms with Gasteiger partial charge in [-0.25, -0.2) is 0 Å². The average molecular weight is 697 g/mol. The van der Waals surface area contributed by atoms with Crippen LogP contribution < -0.4 is 0 Å². The summed E-state index contributed by atoms with van der Waals surface area (Å²) in [6, 6.07) is 0. The van der Waals surface area contributed by atoms with Crippen molar-refractivity contribution in [1.82, 2.24) is 0 Å². The van der Waals surface area contributed by atoms with Crippen LogP contribution in [0.15, 0.2) is 85.1 Å². The highest BCUT2D eigenvalue weighted by atomic mass is 16.2. The molecule has 0 bridgehead atoms. The summed E-state index contributed by atoms with van der Waals surface area (Å²) in [4.78, 5) is 21.6. The van der Waals surface area contributed by atoms with Gasteiger partial charge in [-0.05, 0) is 102 Å². The van der Waals surface area contributed by atoms with E-state index in [0.29, 0.717) is 6.42 Å². The Kier molecular flexibility index (Phi) is 60.6. The van der Waals surface area contributed by atoms with Gasteiger partial charge in [0.05, 0.1) is 6.61 Å². The Morgan fingerprint density at radius 1 is 0.400 bits per heavy atom. The smallest absolute Gasteiger partial charge is 0.178 e. The van der Waals surface area contributed by atoms with E-state index in [-0.39, 0.29) is 18.2 Å². The lowest BCUT2D eigenvalue weighted by molar-refractivity contribution is -0.114. The standard InChI is InChI=1S/2C15H28.C9H16O.C8H12O2/c2*1-3-5-7-9-11-13-15-14-12-10-8-6-4-2;1-3-5-7-9(10)8-6-4-2;1-2-3-5-8(10)6-4-7-9/h2*11-14H,3-10,15H2,1-2H3;5,7H,3-4,6,8H2,1-2H3;3-6,9H,2,7H2,1H3/b2*13-11-,14-12-;7-5+;5-3+,6-4+. The Balaban J connectivity index is -0.000000287. The molecule has 0 unspecified atom stereocenters. The largest absolute Gasteiger partial charge is 0.392 e. The van der Waals surface area contributed by atoms with E-state index in [1.165, 1.54) is 121 Å². The Labute approximate surface area is 313 Å². The first-order valence-electron chi connectivity index (χ1n) is 20.7. The maximum Gasteiger partial charge on any atom is 0.178 e. The van der Waals surface area contributed by atoms with Crippen molar-refractivity contribution in [3.8, 4) is 0 Å². The molecular formula is C47H84O3. The molecule has 3 heteroatoms. The third-order valence-electron chi connectivity index (χ3n) is 7.33. The molecule has 290 valence electrons. The van der Waals surface area contributed by atoms with E-state index in [0.717, 1.165) is 38.5 Å². The average Bonchev–Trinajstić information content (AvgIpc) is 3.13. The fourth-order valence-corrected chi connectivity index (χ4v) is 4.20. The van der Waals surface area contributed by atoms with Crippen molar-refractivity contribution >= 4 is 11.6 Å². The minimum absolute atomic E-state index is 0.0732. The lowest BCUT2D eigenvalue weighted by Gasteiger charge is -1.92. The third kappa shape index (κ3) is 64.1. The molecule has 0 saturated carbocycles. The van der Waals surface area contributed by atoms with Gasteiger partial charge in [0.2, 0.25) is 0 Å². The van der Waals surface area contributed by atoms with Crippen LogP contribution in [0.4, 0.5) is 0 Å². The molecule has 0 aliphatic heterocycles. The Morgan fingerprint density at radius 2 is 0.740 bits per heavy atom. The van der Waals surface area contributed by atoms with Crippen LogP contribution in [0, 0.1) is 0 Å². The number of rotatable bonds is 29. The summed E-state index contributed by atoms with van der Waals surface area (Å²) in [5, 5.41) is 8.28. The van der Waals surface area contributed by atoms with Crippen molar-refractivity contribution in [1.29, 1.82) is 0 Å². The van der Waals surface area contributed by atoms with Crippen molar-refractivity contribution in [3.63, 3.8) is 0 Å². The van der Waals surface area contributed by atoms with Gasteiger partial charge < -0.3 is 5.11 Å². The monoisotopic (exact) mass is 697 g/mol. The molecule has 0 fully saturated rings. The zero-order valence-corrected chi connectivity index (χ0v) is 34.3. The van der Waals surface area contributed by atoms with Gasteiger partial charge in [0, 0.05) is 6.42 Å². The maximum atomic E-state index is 10.9. The number of hydrogen-bond donors (Lipinski definition) is 1. The second kappa shape index (κ2) is 55.9. The first kappa shape index (κ1) is 54.3. The third-order valence-corrected chi connectivity index (χ3v) is 7.33. The van der Waals surface area contributed by atoms with Gasteiger partial charge in [0.15, 0.2) is 11.6 Å². The molecule has 0 aromatic carbocycles. The van der Waals surface area contributed by atoms with Gasteiger partial charge in [0.25, 0.3) is 0 Å². The van der Waals surface area contributed by atoms with E-state index >= 15 is 0 Å². The van der Waals surface area contributed by atoms with Crippen LogP contribution in [-0.2, 0) is 9.59 Å². The number of carbonyl (C=O) groups excluding carboxylic acids is 2. The molecule has 0 spiro atoms. The molecule has 0 aliphatic carbocycles. The maximum absolute atomic E-state index is 10.9. The summed E-state index contributed by atoms with van der Waals surface area (Å²) >= 11 is 0. The molecule has 0 radical (unpaired) electrons. The molecule has 1 N–H and O–H groups in total. The lowest BCUT2D eigenvalue weighted by atomic mass is 10.2. The van der Waals surface area contributed by atoms with Gasteiger partial charge in [0.1, 0.15) is 0 Å². The van der Waals surface area contributed by atoms with Gasteiger partial charge in [-0.3, -0.25) is 9.59 Å². The molecule has 0 aromatic heterocycles. The normalized spacial score (nSPS) is 11.5. The quantitative estimate of drug-likeness (QED) is 0.0481. The van der Waals surface area contributed by atoms with Crippen LogP contribution in [0.25, 0.3) is 0 Å². The predicted molar refractivity (Wildman–Crippen MR) is 227 cm³/mol. The van der Waals surface area contributed by atoms with E-state index < -0.39 is 0 Å². The Morgan fingerprint density at radius 3 is 1.06 bits per heavy atom. The first-order chi connectivity index (χ1) is 24.4. The molecule has 0 heterocycles. The minimum atomic E-state index is -0.0777. The second-order valence-electron chi connectivity index (χ2n) is 12.5. The highest BCUT2D eigenvalue weighted by molar-refractivity contribution is 5.99. The first-order valence-corrected chi connectivity index (χ1v) is 20.7.